The van der Waals surface area contributed by atoms with Gasteiger partial charge in [0.05, 0.1) is 17.6 Å². The Kier molecular flexibility index (Phi) is 5.18. The van der Waals surface area contributed by atoms with Crippen LogP contribution in [-0.2, 0) is 10.0 Å². The summed E-state index contributed by atoms with van der Waals surface area (Å²) >= 11 is 0. The molecule has 0 saturated carbocycles. The van der Waals surface area contributed by atoms with Crippen LogP contribution >= 0.6 is 0 Å². The van der Waals surface area contributed by atoms with Gasteiger partial charge in [0, 0.05) is 18.2 Å². The molecule has 2 aromatic carbocycles. The molecule has 0 aliphatic carbocycles. The summed E-state index contributed by atoms with van der Waals surface area (Å²) in [4.78, 5) is 12.1. The van der Waals surface area contributed by atoms with Crippen LogP contribution in [0.5, 0.6) is 0 Å². The van der Waals surface area contributed by atoms with E-state index in [4.69, 9.17) is 0 Å². The largest absolute Gasteiger partial charge is 0.319 e. The highest BCUT2D eigenvalue weighted by atomic mass is 32.2. The summed E-state index contributed by atoms with van der Waals surface area (Å²) in [6, 6.07) is 8.66. The van der Waals surface area contributed by atoms with Crippen molar-refractivity contribution in [1.29, 1.82) is 0 Å². The van der Waals surface area contributed by atoms with Crippen LogP contribution in [0.2, 0.25) is 0 Å². The molecule has 0 radical (unpaired) electrons. The molecule has 0 aliphatic rings. The third kappa shape index (κ3) is 4.08. The topological polar surface area (TPSA) is 66.5 Å². The lowest BCUT2D eigenvalue weighted by molar-refractivity contribution is 0.102. The number of halogens is 2. The van der Waals surface area contributed by atoms with E-state index in [2.05, 4.69) is 5.32 Å². The van der Waals surface area contributed by atoms with E-state index < -0.39 is 27.6 Å². The zero-order chi connectivity index (χ0) is 17.9. The SMILES string of the molecule is CCN(c1ccc(C(=O)Nc2ccc(F)cc2F)cc1)S(C)(=O)=O. The van der Waals surface area contributed by atoms with Crippen molar-refractivity contribution in [2.75, 3.05) is 22.4 Å². The second-order valence-corrected chi connectivity index (χ2v) is 6.96. The van der Waals surface area contributed by atoms with Gasteiger partial charge in [-0.2, -0.15) is 0 Å². The first-order valence-electron chi connectivity index (χ1n) is 7.06. The number of nitrogens with zero attached hydrogens (tertiary/aromatic N) is 1. The number of hydrogen-bond acceptors (Lipinski definition) is 3. The number of amides is 1. The normalized spacial score (nSPS) is 11.2. The zero-order valence-corrected chi connectivity index (χ0v) is 13.9. The molecule has 128 valence electrons. The van der Waals surface area contributed by atoms with Crippen molar-refractivity contribution in [1.82, 2.24) is 0 Å². The van der Waals surface area contributed by atoms with Crippen LogP contribution in [-0.4, -0.2) is 27.1 Å². The predicted molar refractivity (Wildman–Crippen MR) is 88.6 cm³/mol. The maximum atomic E-state index is 13.5. The van der Waals surface area contributed by atoms with Gasteiger partial charge in [0.2, 0.25) is 10.0 Å². The van der Waals surface area contributed by atoms with E-state index >= 15 is 0 Å². The Morgan fingerprint density at radius 1 is 1.12 bits per heavy atom. The Hall–Kier alpha value is -2.48. The second-order valence-electron chi connectivity index (χ2n) is 5.05. The van der Waals surface area contributed by atoms with E-state index in [0.29, 0.717) is 11.8 Å². The van der Waals surface area contributed by atoms with E-state index in [1.165, 1.54) is 28.6 Å². The summed E-state index contributed by atoms with van der Waals surface area (Å²) in [6.45, 7) is 1.95. The molecule has 0 aliphatic heterocycles. The lowest BCUT2D eigenvalue weighted by Crippen LogP contribution is -2.29. The average molecular weight is 354 g/mol. The number of hydrogen-bond donors (Lipinski definition) is 1. The minimum absolute atomic E-state index is 0.142. The monoisotopic (exact) mass is 354 g/mol. The quantitative estimate of drug-likeness (QED) is 0.898. The van der Waals surface area contributed by atoms with Crippen LogP contribution in [0.3, 0.4) is 0 Å². The van der Waals surface area contributed by atoms with E-state index in [-0.39, 0.29) is 17.8 Å². The summed E-state index contributed by atoms with van der Waals surface area (Å²) in [5, 5.41) is 2.33. The molecule has 2 rings (SSSR count). The summed E-state index contributed by atoms with van der Waals surface area (Å²) in [7, 11) is -3.41. The number of nitrogens with one attached hydrogen (secondary N) is 1. The highest BCUT2D eigenvalue weighted by molar-refractivity contribution is 7.92. The van der Waals surface area contributed by atoms with Crippen LogP contribution in [0.25, 0.3) is 0 Å². The zero-order valence-electron chi connectivity index (χ0n) is 13.1. The molecule has 0 atom stereocenters. The number of carbonyl (C=O) groups is 1. The van der Waals surface area contributed by atoms with Gasteiger partial charge in [0.25, 0.3) is 5.91 Å². The molecule has 0 spiro atoms. The molecule has 5 nitrogen and oxygen atoms in total. The average Bonchev–Trinajstić information content (AvgIpc) is 2.50. The Morgan fingerprint density at radius 3 is 2.25 bits per heavy atom. The van der Waals surface area contributed by atoms with Gasteiger partial charge in [-0.1, -0.05) is 0 Å². The molecule has 8 heteroatoms. The predicted octanol–water partition coefficient (Wildman–Crippen LogP) is 3.00. The third-order valence-electron chi connectivity index (χ3n) is 3.28. The van der Waals surface area contributed by atoms with Crippen molar-refractivity contribution in [3.63, 3.8) is 0 Å². The molecule has 0 saturated heterocycles. The molecule has 1 N–H and O–H groups in total. The summed E-state index contributed by atoms with van der Waals surface area (Å²) < 4.78 is 50.9. The molecule has 0 heterocycles. The second kappa shape index (κ2) is 6.96. The molecule has 0 aromatic heterocycles. The third-order valence-corrected chi connectivity index (χ3v) is 4.55. The van der Waals surface area contributed by atoms with Gasteiger partial charge in [-0.3, -0.25) is 9.10 Å². The fourth-order valence-electron chi connectivity index (χ4n) is 2.17. The van der Waals surface area contributed by atoms with Crippen molar-refractivity contribution in [2.24, 2.45) is 0 Å². The summed E-state index contributed by atoms with van der Waals surface area (Å²) in [5.41, 5.74) is 0.494. The smallest absolute Gasteiger partial charge is 0.255 e. The number of benzene rings is 2. The molecule has 0 fully saturated rings. The first-order valence-corrected chi connectivity index (χ1v) is 8.91. The van der Waals surface area contributed by atoms with Gasteiger partial charge in [0.1, 0.15) is 11.6 Å². The minimum Gasteiger partial charge on any atom is -0.319 e. The van der Waals surface area contributed by atoms with Gasteiger partial charge < -0.3 is 5.32 Å². The molecular weight excluding hydrogens is 338 g/mol. The van der Waals surface area contributed by atoms with Crippen molar-refractivity contribution in [2.45, 2.75) is 6.92 Å². The molecule has 2 aromatic rings. The lowest BCUT2D eigenvalue weighted by Gasteiger charge is -2.20. The Morgan fingerprint density at radius 2 is 1.75 bits per heavy atom. The van der Waals surface area contributed by atoms with Crippen molar-refractivity contribution >= 4 is 27.3 Å². The summed E-state index contributed by atoms with van der Waals surface area (Å²) in [6.07, 6.45) is 1.09. The molecule has 24 heavy (non-hydrogen) atoms. The standard InChI is InChI=1S/C16H16F2N2O3S/c1-3-20(24(2,22)23)13-7-4-11(5-8-13)16(21)19-15-9-6-12(17)10-14(15)18/h4-10H,3H2,1-2H3,(H,19,21). The van der Waals surface area contributed by atoms with Crippen LogP contribution in [0, 0.1) is 11.6 Å². The number of carbonyl (C=O) groups excluding carboxylic acids is 1. The number of sulfonamides is 1. The van der Waals surface area contributed by atoms with E-state index in [9.17, 15) is 22.0 Å². The van der Waals surface area contributed by atoms with Crippen molar-refractivity contribution in [3.8, 4) is 0 Å². The van der Waals surface area contributed by atoms with Crippen LogP contribution in [0.1, 0.15) is 17.3 Å². The Bertz CT molecular complexity index is 852. The first kappa shape index (κ1) is 17.9. The molecule has 0 bridgehead atoms. The van der Waals surface area contributed by atoms with Crippen LogP contribution in [0.15, 0.2) is 42.5 Å². The molecule has 0 unspecified atom stereocenters. The van der Waals surface area contributed by atoms with Crippen molar-refractivity contribution in [3.05, 3.63) is 59.7 Å². The summed E-state index contributed by atoms with van der Waals surface area (Å²) in [5.74, 6) is -2.21. The van der Waals surface area contributed by atoms with E-state index in [0.717, 1.165) is 18.4 Å². The first-order chi connectivity index (χ1) is 11.2. The molecule has 1 amide bonds. The van der Waals surface area contributed by atoms with E-state index in [1.807, 2.05) is 0 Å². The lowest BCUT2D eigenvalue weighted by atomic mass is 10.2. The Balaban J connectivity index is 2.19. The fourth-order valence-corrected chi connectivity index (χ4v) is 3.15. The van der Waals surface area contributed by atoms with Crippen LogP contribution < -0.4 is 9.62 Å². The van der Waals surface area contributed by atoms with Gasteiger partial charge in [-0.15, -0.1) is 0 Å². The highest BCUT2D eigenvalue weighted by Gasteiger charge is 2.16. The highest BCUT2D eigenvalue weighted by Crippen LogP contribution is 2.20. The van der Waals surface area contributed by atoms with Gasteiger partial charge in [0.15, 0.2) is 0 Å². The van der Waals surface area contributed by atoms with Gasteiger partial charge in [-0.05, 0) is 43.3 Å². The maximum absolute atomic E-state index is 13.5. The minimum atomic E-state index is -3.41. The number of anilines is 2. The van der Waals surface area contributed by atoms with Crippen molar-refractivity contribution < 1.29 is 22.0 Å². The van der Waals surface area contributed by atoms with Crippen LogP contribution in [0.4, 0.5) is 20.2 Å². The molecular formula is C16H16F2N2O3S. The van der Waals surface area contributed by atoms with E-state index in [1.54, 1.807) is 6.92 Å². The van der Waals surface area contributed by atoms with Gasteiger partial charge >= 0.3 is 0 Å². The number of rotatable bonds is 5. The fraction of sp³-hybridized carbons (Fsp3) is 0.188. The van der Waals surface area contributed by atoms with Gasteiger partial charge in [-0.25, -0.2) is 17.2 Å². The maximum Gasteiger partial charge on any atom is 0.255 e. The Labute approximate surface area is 139 Å².